The number of hydrogen-bond acceptors (Lipinski definition) is 5. The summed E-state index contributed by atoms with van der Waals surface area (Å²) in [7, 11) is 0. The van der Waals surface area contributed by atoms with E-state index in [2.05, 4.69) is 10.6 Å². The fourth-order valence-electron chi connectivity index (χ4n) is 2.94. The molecule has 2 heterocycles. The minimum atomic E-state index is -0.302. The first kappa shape index (κ1) is 14.2. The largest absolute Gasteiger partial charge is 0.394 e. The zero-order chi connectivity index (χ0) is 14.8. The lowest BCUT2D eigenvalue weighted by molar-refractivity contribution is -0.0858. The molecule has 1 aromatic carbocycles. The molecule has 1 saturated heterocycles. The normalized spacial score (nSPS) is 24.8. The number of hydrogen-bond donors (Lipinski definition) is 3. The fourth-order valence-corrected chi connectivity index (χ4v) is 2.94. The van der Waals surface area contributed by atoms with E-state index in [1.807, 2.05) is 25.1 Å². The topological polar surface area (TPSA) is 73.8 Å². The van der Waals surface area contributed by atoms with Crippen molar-refractivity contribution in [2.75, 3.05) is 43.4 Å². The number of carbonyl (C=O) groups excluding carboxylic acids is 1. The summed E-state index contributed by atoms with van der Waals surface area (Å²) < 4.78 is 5.59. The Kier molecular flexibility index (Phi) is 3.98. The minimum Gasteiger partial charge on any atom is -0.394 e. The molecule has 0 spiro atoms. The zero-order valence-electron chi connectivity index (χ0n) is 12.1. The van der Waals surface area contributed by atoms with Gasteiger partial charge in [-0.1, -0.05) is 6.07 Å². The molecule has 0 aliphatic carbocycles. The van der Waals surface area contributed by atoms with Crippen LogP contribution in [-0.4, -0.2) is 60.9 Å². The summed E-state index contributed by atoms with van der Waals surface area (Å²) in [4.78, 5) is 14.6. The van der Waals surface area contributed by atoms with Crippen LogP contribution in [0.2, 0.25) is 0 Å². The molecule has 0 radical (unpaired) electrons. The summed E-state index contributed by atoms with van der Waals surface area (Å²) in [6, 6.07) is 5.70. The van der Waals surface area contributed by atoms with Gasteiger partial charge < -0.3 is 25.4 Å². The van der Waals surface area contributed by atoms with Gasteiger partial charge in [0.25, 0.3) is 5.91 Å². The first-order chi connectivity index (χ1) is 10.2. The van der Waals surface area contributed by atoms with Crippen molar-refractivity contribution in [1.29, 1.82) is 0 Å². The molecular formula is C15H21N3O3. The summed E-state index contributed by atoms with van der Waals surface area (Å²) in [6.07, 6.45) is -0.367. The predicted molar refractivity (Wildman–Crippen MR) is 80.7 cm³/mol. The molecule has 0 bridgehead atoms. The van der Waals surface area contributed by atoms with Crippen molar-refractivity contribution >= 4 is 17.3 Å². The molecule has 21 heavy (non-hydrogen) atoms. The molecule has 0 saturated carbocycles. The second-order valence-electron chi connectivity index (χ2n) is 5.54. The molecule has 2 atom stereocenters. The highest BCUT2D eigenvalue weighted by Crippen LogP contribution is 2.29. The number of morpholine rings is 1. The summed E-state index contributed by atoms with van der Waals surface area (Å²) in [5, 5.41) is 15.9. The Bertz CT molecular complexity index is 535. The molecule has 2 unspecified atom stereocenters. The summed E-state index contributed by atoms with van der Waals surface area (Å²) >= 11 is 0. The molecule has 114 valence electrons. The maximum absolute atomic E-state index is 12.8. The van der Waals surface area contributed by atoms with E-state index in [-0.39, 0.29) is 24.7 Å². The monoisotopic (exact) mass is 291 g/mol. The number of anilines is 2. The van der Waals surface area contributed by atoms with Gasteiger partial charge in [0, 0.05) is 26.2 Å². The molecule has 1 aromatic rings. The van der Waals surface area contributed by atoms with Gasteiger partial charge in [-0.05, 0) is 19.1 Å². The van der Waals surface area contributed by atoms with E-state index in [9.17, 15) is 9.90 Å². The Hall–Kier alpha value is -1.79. The number of benzene rings is 1. The first-order valence-corrected chi connectivity index (χ1v) is 7.35. The number of fused-ring (bicyclic) bond motifs is 1. The number of nitrogens with zero attached hydrogens (tertiary/aromatic N) is 1. The minimum absolute atomic E-state index is 0.0170. The molecule has 1 fully saturated rings. The van der Waals surface area contributed by atoms with Crippen LogP contribution in [0.25, 0.3) is 0 Å². The number of aliphatic hydroxyl groups excluding tert-OH is 1. The third-order valence-corrected chi connectivity index (χ3v) is 3.85. The molecular weight excluding hydrogens is 270 g/mol. The van der Waals surface area contributed by atoms with Crippen molar-refractivity contribution in [2.45, 2.75) is 19.1 Å². The van der Waals surface area contributed by atoms with Crippen molar-refractivity contribution in [3.63, 3.8) is 0 Å². The SMILES string of the molecule is CC1CN(C(=O)c2cccc3c2NCCN3)CC(CO)O1. The first-order valence-electron chi connectivity index (χ1n) is 7.35. The number of para-hydroxylation sites is 1. The Morgan fingerprint density at radius 3 is 3.00 bits per heavy atom. The van der Waals surface area contributed by atoms with E-state index < -0.39 is 0 Å². The highest BCUT2D eigenvalue weighted by molar-refractivity contribution is 6.02. The van der Waals surface area contributed by atoms with Crippen LogP contribution in [-0.2, 0) is 4.74 Å². The second-order valence-corrected chi connectivity index (χ2v) is 5.54. The van der Waals surface area contributed by atoms with Gasteiger partial charge in [-0.3, -0.25) is 4.79 Å². The zero-order valence-corrected chi connectivity index (χ0v) is 12.1. The lowest BCUT2D eigenvalue weighted by Crippen LogP contribution is -2.50. The molecule has 6 nitrogen and oxygen atoms in total. The Balaban J connectivity index is 1.85. The van der Waals surface area contributed by atoms with E-state index in [1.165, 1.54) is 0 Å². The maximum Gasteiger partial charge on any atom is 0.256 e. The Morgan fingerprint density at radius 1 is 1.38 bits per heavy atom. The van der Waals surface area contributed by atoms with Crippen molar-refractivity contribution in [2.24, 2.45) is 0 Å². The number of aliphatic hydroxyl groups is 1. The number of ether oxygens (including phenoxy) is 1. The molecule has 2 aliphatic heterocycles. The van der Waals surface area contributed by atoms with Crippen molar-refractivity contribution < 1.29 is 14.6 Å². The fraction of sp³-hybridized carbons (Fsp3) is 0.533. The van der Waals surface area contributed by atoms with Gasteiger partial charge in [0.1, 0.15) is 0 Å². The van der Waals surface area contributed by atoms with Crippen molar-refractivity contribution in [3.8, 4) is 0 Å². The Labute approximate surface area is 124 Å². The van der Waals surface area contributed by atoms with Gasteiger partial charge in [-0.25, -0.2) is 0 Å². The van der Waals surface area contributed by atoms with Crippen LogP contribution in [0.4, 0.5) is 11.4 Å². The number of amides is 1. The van der Waals surface area contributed by atoms with E-state index in [0.29, 0.717) is 18.7 Å². The molecule has 3 rings (SSSR count). The van der Waals surface area contributed by atoms with Crippen molar-refractivity contribution in [1.82, 2.24) is 4.90 Å². The van der Waals surface area contributed by atoms with Gasteiger partial charge in [-0.2, -0.15) is 0 Å². The number of carbonyl (C=O) groups is 1. The summed E-state index contributed by atoms with van der Waals surface area (Å²) in [6.45, 7) is 4.48. The standard InChI is InChI=1S/C15H21N3O3/c1-10-7-18(8-11(9-19)21-10)15(20)12-3-2-4-13-14(12)17-6-5-16-13/h2-4,10-11,16-17,19H,5-9H2,1H3. The quantitative estimate of drug-likeness (QED) is 0.750. The third kappa shape index (κ3) is 2.82. The molecule has 6 heteroatoms. The van der Waals surface area contributed by atoms with Crippen LogP contribution >= 0.6 is 0 Å². The van der Waals surface area contributed by atoms with Crippen LogP contribution in [0.1, 0.15) is 17.3 Å². The average molecular weight is 291 g/mol. The molecule has 1 amide bonds. The van der Waals surface area contributed by atoms with Gasteiger partial charge in [0.05, 0.1) is 35.8 Å². The number of rotatable bonds is 2. The predicted octanol–water partition coefficient (Wildman–Crippen LogP) is 0.746. The summed E-state index contributed by atoms with van der Waals surface area (Å²) in [5.74, 6) is -0.0170. The highest BCUT2D eigenvalue weighted by Gasteiger charge is 2.30. The molecule has 3 N–H and O–H groups in total. The number of nitrogens with one attached hydrogen (secondary N) is 2. The smallest absolute Gasteiger partial charge is 0.256 e. The summed E-state index contributed by atoms with van der Waals surface area (Å²) in [5.41, 5.74) is 2.51. The lowest BCUT2D eigenvalue weighted by atomic mass is 10.1. The molecule has 2 aliphatic rings. The second kappa shape index (κ2) is 5.91. The van der Waals surface area contributed by atoms with Gasteiger partial charge in [0.2, 0.25) is 0 Å². The van der Waals surface area contributed by atoms with E-state index in [0.717, 1.165) is 24.5 Å². The Morgan fingerprint density at radius 2 is 2.19 bits per heavy atom. The lowest BCUT2D eigenvalue weighted by Gasteiger charge is -2.36. The van der Waals surface area contributed by atoms with Gasteiger partial charge in [0.15, 0.2) is 0 Å². The highest BCUT2D eigenvalue weighted by atomic mass is 16.5. The van der Waals surface area contributed by atoms with E-state index in [1.54, 1.807) is 4.90 Å². The average Bonchev–Trinajstić information content (AvgIpc) is 2.53. The third-order valence-electron chi connectivity index (χ3n) is 3.85. The van der Waals surface area contributed by atoms with Gasteiger partial charge >= 0.3 is 0 Å². The van der Waals surface area contributed by atoms with Crippen molar-refractivity contribution in [3.05, 3.63) is 23.8 Å². The maximum atomic E-state index is 12.8. The van der Waals surface area contributed by atoms with Crippen LogP contribution in [0.15, 0.2) is 18.2 Å². The van der Waals surface area contributed by atoms with Crippen LogP contribution < -0.4 is 10.6 Å². The van der Waals surface area contributed by atoms with E-state index >= 15 is 0 Å². The molecule has 0 aromatic heterocycles. The van der Waals surface area contributed by atoms with E-state index in [4.69, 9.17) is 4.74 Å². The van der Waals surface area contributed by atoms with Gasteiger partial charge in [-0.15, -0.1) is 0 Å². The van der Waals surface area contributed by atoms with Crippen LogP contribution in [0, 0.1) is 0 Å². The van der Waals surface area contributed by atoms with Crippen LogP contribution in [0.3, 0.4) is 0 Å². The van der Waals surface area contributed by atoms with Crippen LogP contribution in [0.5, 0.6) is 0 Å².